The van der Waals surface area contributed by atoms with Crippen molar-refractivity contribution in [2.45, 2.75) is 23.6 Å². The fraction of sp³-hybridized carbons (Fsp3) is 0.333. The molecule has 1 heterocycles. The number of alkyl halides is 3. The molecule has 27 heavy (non-hydrogen) atoms. The Bertz CT molecular complexity index is 928. The number of aliphatic hydroxyl groups excluding tert-OH is 1. The molecule has 1 aliphatic rings. The summed E-state index contributed by atoms with van der Waals surface area (Å²) in [6.45, 7) is 0.605. The number of hydrogen-bond acceptors (Lipinski definition) is 4. The average Bonchev–Trinajstić information content (AvgIpc) is 2.99. The Morgan fingerprint density at radius 1 is 1.19 bits per heavy atom. The Labute approximate surface area is 155 Å². The molecule has 0 radical (unpaired) electrons. The number of benzene rings is 2. The van der Waals surface area contributed by atoms with Gasteiger partial charge in [-0.3, -0.25) is 0 Å². The van der Waals surface area contributed by atoms with Crippen LogP contribution in [0.1, 0.15) is 22.8 Å². The molecule has 5 nitrogen and oxygen atoms in total. The van der Waals surface area contributed by atoms with Gasteiger partial charge in [0.2, 0.25) is 10.0 Å². The SMILES string of the molecule is CN1CCc2cc([C@H](O)CNS(=O)(=O)c3ccc(C(F)(F)F)cc3)ccc21. The smallest absolute Gasteiger partial charge is 0.387 e. The molecule has 0 aromatic heterocycles. The van der Waals surface area contributed by atoms with Crippen molar-refractivity contribution >= 4 is 15.7 Å². The molecule has 0 spiro atoms. The maximum atomic E-state index is 12.6. The maximum Gasteiger partial charge on any atom is 0.416 e. The number of likely N-dealkylation sites (N-methyl/N-ethyl adjacent to an activating group) is 1. The van der Waals surface area contributed by atoms with Crippen LogP contribution in [0.3, 0.4) is 0 Å². The van der Waals surface area contributed by atoms with E-state index in [-0.39, 0.29) is 11.4 Å². The monoisotopic (exact) mass is 400 g/mol. The average molecular weight is 400 g/mol. The van der Waals surface area contributed by atoms with E-state index in [9.17, 15) is 26.7 Å². The van der Waals surface area contributed by atoms with Gasteiger partial charge in [0.25, 0.3) is 0 Å². The number of fused-ring (bicyclic) bond motifs is 1. The van der Waals surface area contributed by atoms with Gasteiger partial charge in [-0.15, -0.1) is 0 Å². The number of nitrogens with zero attached hydrogens (tertiary/aromatic N) is 1. The summed E-state index contributed by atoms with van der Waals surface area (Å²) in [5.41, 5.74) is 1.82. The van der Waals surface area contributed by atoms with Gasteiger partial charge in [0, 0.05) is 25.8 Å². The molecule has 0 saturated heterocycles. The zero-order chi connectivity index (χ0) is 19.8. The van der Waals surface area contributed by atoms with Gasteiger partial charge in [0.1, 0.15) is 0 Å². The summed E-state index contributed by atoms with van der Waals surface area (Å²) < 4.78 is 64.5. The molecule has 0 amide bonds. The third-order valence-corrected chi connectivity index (χ3v) is 6.01. The van der Waals surface area contributed by atoms with Crippen molar-refractivity contribution in [1.82, 2.24) is 4.72 Å². The third-order valence-electron chi connectivity index (χ3n) is 4.57. The van der Waals surface area contributed by atoms with Gasteiger partial charge in [0.05, 0.1) is 16.6 Å². The fourth-order valence-electron chi connectivity index (χ4n) is 3.01. The van der Waals surface area contributed by atoms with Crippen LogP contribution in [0, 0.1) is 0 Å². The molecule has 2 aromatic rings. The summed E-state index contributed by atoms with van der Waals surface area (Å²) in [6, 6.07) is 8.66. The Morgan fingerprint density at radius 3 is 2.48 bits per heavy atom. The highest BCUT2D eigenvalue weighted by Crippen LogP contribution is 2.30. The van der Waals surface area contributed by atoms with Crippen LogP contribution < -0.4 is 9.62 Å². The van der Waals surface area contributed by atoms with E-state index in [0.29, 0.717) is 17.7 Å². The molecule has 2 aromatic carbocycles. The fourth-order valence-corrected chi connectivity index (χ4v) is 4.05. The predicted octanol–water partition coefficient (Wildman–Crippen LogP) is 2.71. The Kier molecular flexibility index (Phi) is 5.20. The molecule has 9 heteroatoms. The third kappa shape index (κ3) is 4.26. The van der Waals surface area contributed by atoms with Crippen LogP contribution in [0.15, 0.2) is 47.4 Å². The largest absolute Gasteiger partial charge is 0.416 e. The minimum Gasteiger partial charge on any atom is -0.387 e. The number of anilines is 1. The van der Waals surface area contributed by atoms with Crippen molar-refractivity contribution < 1.29 is 26.7 Å². The van der Waals surface area contributed by atoms with Crippen LogP contribution >= 0.6 is 0 Å². The van der Waals surface area contributed by atoms with Crippen molar-refractivity contribution in [2.75, 3.05) is 25.0 Å². The van der Waals surface area contributed by atoms with Crippen LogP contribution in [0.4, 0.5) is 18.9 Å². The van der Waals surface area contributed by atoms with Gasteiger partial charge < -0.3 is 10.0 Å². The summed E-state index contributed by atoms with van der Waals surface area (Å²) in [4.78, 5) is 1.80. The Hall–Kier alpha value is -2.10. The molecular weight excluding hydrogens is 381 g/mol. The maximum absolute atomic E-state index is 12.6. The topological polar surface area (TPSA) is 69.6 Å². The van der Waals surface area contributed by atoms with Crippen LogP contribution in [-0.2, 0) is 22.6 Å². The number of sulfonamides is 1. The molecule has 0 fully saturated rings. The zero-order valence-electron chi connectivity index (χ0n) is 14.5. The number of halogens is 3. The first-order valence-corrected chi connectivity index (χ1v) is 9.75. The molecule has 0 saturated carbocycles. The minimum atomic E-state index is -4.53. The second-order valence-electron chi connectivity index (χ2n) is 6.45. The normalized spacial score (nSPS) is 15.7. The van der Waals surface area contributed by atoms with Gasteiger partial charge in [-0.25, -0.2) is 13.1 Å². The first kappa shape index (κ1) is 19.7. The lowest BCUT2D eigenvalue weighted by Gasteiger charge is -2.16. The molecule has 1 atom stereocenters. The van der Waals surface area contributed by atoms with E-state index in [1.165, 1.54) is 0 Å². The van der Waals surface area contributed by atoms with Gasteiger partial charge in [-0.05, 0) is 47.9 Å². The first-order valence-electron chi connectivity index (χ1n) is 8.27. The van der Waals surface area contributed by atoms with E-state index in [1.54, 1.807) is 6.07 Å². The summed E-state index contributed by atoms with van der Waals surface area (Å²) in [5, 5.41) is 10.3. The molecule has 3 rings (SSSR count). The Morgan fingerprint density at radius 2 is 1.85 bits per heavy atom. The molecule has 146 valence electrons. The van der Waals surface area contributed by atoms with E-state index in [0.717, 1.165) is 36.3 Å². The van der Waals surface area contributed by atoms with Crippen LogP contribution in [0.25, 0.3) is 0 Å². The van der Waals surface area contributed by atoms with Gasteiger partial charge in [-0.2, -0.15) is 13.2 Å². The van der Waals surface area contributed by atoms with E-state index in [2.05, 4.69) is 9.62 Å². The Balaban J connectivity index is 1.68. The van der Waals surface area contributed by atoms with Gasteiger partial charge >= 0.3 is 6.18 Å². The summed E-state index contributed by atoms with van der Waals surface area (Å²) in [5.74, 6) is 0. The van der Waals surface area contributed by atoms with E-state index in [1.807, 2.05) is 19.2 Å². The predicted molar refractivity (Wildman–Crippen MR) is 95.0 cm³/mol. The van der Waals surface area contributed by atoms with E-state index >= 15 is 0 Å². The van der Waals surface area contributed by atoms with Crippen molar-refractivity contribution in [3.05, 3.63) is 59.2 Å². The standard InChI is InChI=1S/C18H19F3N2O3S/c1-23-9-8-12-10-13(2-7-16(12)23)17(24)11-22-27(25,26)15-5-3-14(4-6-15)18(19,20)21/h2-7,10,17,22,24H,8-9,11H2,1H3/t17-/m1/s1. The molecule has 0 aliphatic carbocycles. The van der Waals surface area contributed by atoms with Crippen LogP contribution in [0.2, 0.25) is 0 Å². The molecule has 0 bridgehead atoms. The van der Waals surface area contributed by atoms with Crippen LogP contribution in [-0.4, -0.2) is 33.7 Å². The quantitative estimate of drug-likeness (QED) is 0.810. The highest BCUT2D eigenvalue weighted by molar-refractivity contribution is 7.89. The second-order valence-corrected chi connectivity index (χ2v) is 8.22. The summed E-state index contributed by atoms with van der Waals surface area (Å²) >= 11 is 0. The highest BCUT2D eigenvalue weighted by atomic mass is 32.2. The lowest BCUT2D eigenvalue weighted by Crippen LogP contribution is -2.28. The van der Waals surface area contributed by atoms with Gasteiger partial charge in [0.15, 0.2) is 0 Å². The highest BCUT2D eigenvalue weighted by Gasteiger charge is 2.30. The van der Waals surface area contributed by atoms with Crippen molar-refractivity contribution in [3.8, 4) is 0 Å². The lowest BCUT2D eigenvalue weighted by molar-refractivity contribution is -0.137. The number of hydrogen-bond donors (Lipinski definition) is 2. The number of aliphatic hydroxyl groups is 1. The summed E-state index contributed by atoms with van der Waals surface area (Å²) in [6.07, 6.45) is -4.75. The molecular formula is C18H19F3N2O3S. The lowest BCUT2D eigenvalue weighted by atomic mass is 10.0. The zero-order valence-corrected chi connectivity index (χ0v) is 15.3. The molecule has 1 aliphatic heterocycles. The molecule has 0 unspecified atom stereocenters. The van der Waals surface area contributed by atoms with Crippen molar-refractivity contribution in [2.24, 2.45) is 0 Å². The number of rotatable bonds is 5. The summed E-state index contributed by atoms with van der Waals surface area (Å²) in [7, 11) is -2.06. The van der Waals surface area contributed by atoms with Crippen LogP contribution in [0.5, 0.6) is 0 Å². The van der Waals surface area contributed by atoms with E-state index in [4.69, 9.17) is 0 Å². The first-order chi connectivity index (χ1) is 12.6. The van der Waals surface area contributed by atoms with Crippen molar-refractivity contribution in [3.63, 3.8) is 0 Å². The van der Waals surface area contributed by atoms with E-state index < -0.39 is 27.9 Å². The van der Waals surface area contributed by atoms with Gasteiger partial charge in [-0.1, -0.05) is 12.1 Å². The second kappa shape index (κ2) is 7.14. The minimum absolute atomic E-state index is 0.280. The van der Waals surface area contributed by atoms with Crippen molar-refractivity contribution in [1.29, 1.82) is 0 Å². The number of nitrogens with one attached hydrogen (secondary N) is 1. The molecule has 2 N–H and O–H groups in total.